The Morgan fingerprint density at radius 3 is 2.53 bits per heavy atom. The van der Waals surface area contributed by atoms with Crippen molar-refractivity contribution in [1.82, 2.24) is 4.90 Å². The molecule has 0 aromatic carbocycles. The minimum atomic E-state index is -0.675. The van der Waals surface area contributed by atoms with Crippen LogP contribution in [0.15, 0.2) is 0 Å². The number of hydrogen-bond donors (Lipinski definition) is 1. The van der Waals surface area contributed by atoms with E-state index in [-0.39, 0.29) is 18.1 Å². The van der Waals surface area contributed by atoms with Gasteiger partial charge >= 0.3 is 5.97 Å². The van der Waals surface area contributed by atoms with Crippen molar-refractivity contribution in [3.63, 3.8) is 0 Å². The van der Waals surface area contributed by atoms with Crippen molar-refractivity contribution in [3.8, 4) is 0 Å². The highest BCUT2D eigenvalue weighted by Crippen LogP contribution is 2.43. The van der Waals surface area contributed by atoms with Crippen molar-refractivity contribution >= 4 is 5.97 Å². The number of piperidine rings is 1. The molecule has 0 radical (unpaired) electrons. The molecule has 2 aliphatic rings. The van der Waals surface area contributed by atoms with Gasteiger partial charge in [-0.15, -0.1) is 0 Å². The van der Waals surface area contributed by atoms with Gasteiger partial charge in [-0.05, 0) is 45.7 Å². The molecule has 1 saturated heterocycles. The van der Waals surface area contributed by atoms with Crippen LogP contribution in [0.3, 0.4) is 0 Å². The van der Waals surface area contributed by atoms with E-state index < -0.39 is 5.97 Å². The second-order valence-corrected chi connectivity index (χ2v) is 5.33. The Kier molecular flexibility index (Phi) is 4.05. The maximum absolute atomic E-state index is 11.0. The summed E-state index contributed by atoms with van der Waals surface area (Å²) in [6.07, 6.45) is 6.05. The molecule has 4 heteroatoms. The minimum absolute atomic E-state index is 0.105. The molecule has 1 N–H and O–H groups in total. The highest BCUT2D eigenvalue weighted by molar-refractivity contribution is 5.68. The van der Waals surface area contributed by atoms with Crippen molar-refractivity contribution in [2.75, 3.05) is 19.7 Å². The molecule has 0 atom stereocenters. The van der Waals surface area contributed by atoms with Crippen LogP contribution in [0.5, 0.6) is 0 Å². The topological polar surface area (TPSA) is 49.8 Å². The number of rotatable bonds is 5. The number of carboxylic acid groups (broad SMARTS) is 1. The highest BCUT2D eigenvalue weighted by Gasteiger charge is 2.50. The first-order chi connectivity index (χ1) is 8.16. The predicted octanol–water partition coefficient (Wildman–Crippen LogP) is 1.88. The van der Waals surface area contributed by atoms with Gasteiger partial charge in [-0.25, -0.2) is 0 Å². The zero-order valence-electron chi connectivity index (χ0n) is 10.7. The normalized spacial score (nSPS) is 34.3. The Labute approximate surface area is 103 Å². The summed E-state index contributed by atoms with van der Waals surface area (Å²) in [4.78, 5) is 13.5. The molecule has 1 heterocycles. The van der Waals surface area contributed by atoms with E-state index in [9.17, 15) is 4.79 Å². The van der Waals surface area contributed by atoms with E-state index >= 15 is 0 Å². The second kappa shape index (κ2) is 5.36. The van der Waals surface area contributed by atoms with Gasteiger partial charge in [0.2, 0.25) is 0 Å². The van der Waals surface area contributed by atoms with Gasteiger partial charge in [0.25, 0.3) is 0 Å². The highest BCUT2D eigenvalue weighted by atomic mass is 16.5. The van der Waals surface area contributed by atoms with E-state index in [4.69, 9.17) is 9.84 Å². The van der Waals surface area contributed by atoms with Gasteiger partial charge in [0.1, 0.15) is 0 Å². The molecule has 2 fully saturated rings. The van der Waals surface area contributed by atoms with E-state index in [0.717, 1.165) is 32.5 Å². The molecule has 0 bridgehead atoms. The van der Waals surface area contributed by atoms with Gasteiger partial charge in [0.05, 0.1) is 12.5 Å². The molecule has 98 valence electrons. The molecule has 0 aromatic rings. The predicted molar refractivity (Wildman–Crippen MR) is 65.1 cm³/mol. The number of carboxylic acids is 1. The summed E-state index contributed by atoms with van der Waals surface area (Å²) in [7, 11) is 0. The molecule has 0 aromatic heterocycles. The lowest BCUT2D eigenvalue weighted by Gasteiger charge is -2.54. The summed E-state index contributed by atoms with van der Waals surface area (Å²) in [5.41, 5.74) is -0.105. The van der Waals surface area contributed by atoms with Crippen LogP contribution in [0.1, 0.15) is 45.4 Å². The Balaban J connectivity index is 1.96. The second-order valence-electron chi connectivity index (χ2n) is 5.33. The fourth-order valence-electron chi connectivity index (χ4n) is 3.31. The standard InChI is InChI=1S/C13H23NO3/c1-2-17-11-8-13(9-11,10-12(15)16)14-6-4-3-5-7-14/h11H,2-10H2,1H3,(H,15,16). The van der Waals surface area contributed by atoms with E-state index in [1.54, 1.807) is 0 Å². The summed E-state index contributed by atoms with van der Waals surface area (Å²) in [5, 5.41) is 9.09. The van der Waals surface area contributed by atoms with Crippen LogP contribution in [0.4, 0.5) is 0 Å². The number of ether oxygens (including phenoxy) is 1. The van der Waals surface area contributed by atoms with E-state index in [1.165, 1.54) is 19.3 Å². The maximum Gasteiger partial charge on any atom is 0.305 e. The summed E-state index contributed by atoms with van der Waals surface area (Å²) in [5.74, 6) is -0.675. The summed E-state index contributed by atoms with van der Waals surface area (Å²) in [6, 6.07) is 0. The third-order valence-corrected chi connectivity index (χ3v) is 4.12. The van der Waals surface area contributed by atoms with Gasteiger partial charge in [-0.3, -0.25) is 9.69 Å². The fourth-order valence-corrected chi connectivity index (χ4v) is 3.31. The van der Waals surface area contributed by atoms with Crippen molar-refractivity contribution < 1.29 is 14.6 Å². The quantitative estimate of drug-likeness (QED) is 0.798. The number of hydrogen-bond acceptors (Lipinski definition) is 3. The molecule has 1 aliphatic heterocycles. The third kappa shape index (κ3) is 2.80. The largest absolute Gasteiger partial charge is 0.481 e. The number of likely N-dealkylation sites (tertiary alicyclic amines) is 1. The Bertz CT molecular complexity index is 268. The van der Waals surface area contributed by atoms with Crippen LogP contribution in [0.2, 0.25) is 0 Å². The van der Waals surface area contributed by atoms with Crippen LogP contribution >= 0.6 is 0 Å². The fraction of sp³-hybridized carbons (Fsp3) is 0.923. The Morgan fingerprint density at radius 2 is 2.00 bits per heavy atom. The van der Waals surface area contributed by atoms with Crippen LogP contribution in [0, 0.1) is 0 Å². The minimum Gasteiger partial charge on any atom is -0.481 e. The first-order valence-corrected chi connectivity index (χ1v) is 6.75. The zero-order valence-corrected chi connectivity index (χ0v) is 10.7. The van der Waals surface area contributed by atoms with Gasteiger partial charge in [0.15, 0.2) is 0 Å². The zero-order chi connectivity index (χ0) is 12.3. The first kappa shape index (κ1) is 12.8. The van der Waals surface area contributed by atoms with Crippen molar-refractivity contribution in [2.45, 2.75) is 57.1 Å². The number of carbonyl (C=O) groups is 1. The number of nitrogens with zero attached hydrogens (tertiary/aromatic N) is 1. The summed E-state index contributed by atoms with van der Waals surface area (Å²) in [6.45, 7) is 4.85. The molecule has 2 rings (SSSR count). The third-order valence-electron chi connectivity index (χ3n) is 4.12. The van der Waals surface area contributed by atoms with E-state index in [0.29, 0.717) is 0 Å². The van der Waals surface area contributed by atoms with Crippen LogP contribution in [0.25, 0.3) is 0 Å². The molecule has 0 unspecified atom stereocenters. The lowest BCUT2D eigenvalue weighted by molar-refractivity contribution is -0.152. The van der Waals surface area contributed by atoms with Gasteiger partial charge in [0, 0.05) is 12.1 Å². The molecule has 1 aliphatic carbocycles. The van der Waals surface area contributed by atoms with E-state index in [2.05, 4.69) is 4.90 Å². The lowest BCUT2D eigenvalue weighted by atomic mass is 9.70. The lowest BCUT2D eigenvalue weighted by Crippen LogP contribution is -2.62. The van der Waals surface area contributed by atoms with Crippen molar-refractivity contribution in [3.05, 3.63) is 0 Å². The van der Waals surface area contributed by atoms with Gasteiger partial charge in [-0.1, -0.05) is 6.42 Å². The average Bonchev–Trinajstić information content (AvgIpc) is 2.26. The average molecular weight is 241 g/mol. The number of aliphatic carboxylic acids is 1. The molecule has 0 amide bonds. The van der Waals surface area contributed by atoms with Crippen LogP contribution < -0.4 is 0 Å². The summed E-state index contributed by atoms with van der Waals surface area (Å²) >= 11 is 0. The van der Waals surface area contributed by atoms with Crippen LogP contribution in [-0.4, -0.2) is 47.3 Å². The molecule has 0 spiro atoms. The Morgan fingerprint density at radius 1 is 1.35 bits per heavy atom. The monoisotopic (exact) mass is 241 g/mol. The van der Waals surface area contributed by atoms with Crippen molar-refractivity contribution in [2.24, 2.45) is 0 Å². The van der Waals surface area contributed by atoms with Crippen LogP contribution in [-0.2, 0) is 9.53 Å². The molecule has 4 nitrogen and oxygen atoms in total. The molecular weight excluding hydrogens is 218 g/mol. The smallest absolute Gasteiger partial charge is 0.305 e. The maximum atomic E-state index is 11.0. The summed E-state index contributed by atoms with van der Waals surface area (Å²) < 4.78 is 5.59. The SMILES string of the molecule is CCOC1CC(CC(=O)O)(N2CCCCC2)C1. The van der Waals surface area contributed by atoms with Crippen molar-refractivity contribution in [1.29, 1.82) is 0 Å². The first-order valence-electron chi connectivity index (χ1n) is 6.75. The van der Waals surface area contributed by atoms with Gasteiger partial charge < -0.3 is 9.84 Å². The van der Waals surface area contributed by atoms with Gasteiger partial charge in [-0.2, -0.15) is 0 Å². The van der Waals surface area contributed by atoms with E-state index in [1.807, 2.05) is 6.92 Å². The molecule has 17 heavy (non-hydrogen) atoms. The molecular formula is C13H23NO3. The Hall–Kier alpha value is -0.610. The molecule has 1 saturated carbocycles.